The molecule has 0 saturated heterocycles. The highest BCUT2D eigenvalue weighted by atomic mass is 19.4. The first-order valence-electron chi connectivity index (χ1n) is 13.3. The van der Waals surface area contributed by atoms with Crippen LogP contribution >= 0.6 is 0 Å². The van der Waals surface area contributed by atoms with Gasteiger partial charge in [0.25, 0.3) is 5.91 Å². The molecule has 11 heteroatoms. The van der Waals surface area contributed by atoms with Gasteiger partial charge in [0.05, 0.1) is 35.2 Å². The number of hydrogen-bond donors (Lipinski definition) is 1. The first kappa shape index (κ1) is 29.3. The van der Waals surface area contributed by atoms with Gasteiger partial charge in [0.2, 0.25) is 5.88 Å². The molecule has 0 spiro atoms. The number of nitrogens with zero attached hydrogens (tertiary/aromatic N) is 4. The second-order valence-electron chi connectivity index (χ2n) is 10.3. The molecule has 0 aliphatic carbocycles. The van der Waals surface area contributed by atoms with E-state index in [1.807, 2.05) is 25.1 Å². The van der Waals surface area contributed by atoms with Crippen molar-refractivity contribution in [2.45, 2.75) is 39.5 Å². The molecule has 1 amide bonds. The van der Waals surface area contributed by atoms with Crippen LogP contribution in [0, 0.1) is 6.92 Å². The van der Waals surface area contributed by atoms with Crippen LogP contribution in [-0.2, 0) is 12.7 Å². The summed E-state index contributed by atoms with van der Waals surface area (Å²) in [6.07, 6.45) is -1.99. The topological polar surface area (TPSA) is 97.6 Å². The summed E-state index contributed by atoms with van der Waals surface area (Å²) < 4.78 is 49.6. The van der Waals surface area contributed by atoms with Gasteiger partial charge in [-0.05, 0) is 74.9 Å². The van der Waals surface area contributed by atoms with Crippen molar-refractivity contribution in [3.05, 3.63) is 113 Å². The molecule has 1 N–H and O–H groups in total. The number of hydrogen-bond acceptors (Lipinski definition) is 5. The smallest absolute Gasteiger partial charge is 0.421 e. The van der Waals surface area contributed by atoms with Crippen LogP contribution in [0.4, 0.5) is 18.9 Å². The van der Waals surface area contributed by atoms with E-state index in [9.17, 15) is 27.9 Å². The van der Waals surface area contributed by atoms with Gasteiger partial charge in [-0.2, -0.15) is 13.2 Å². The number of pyridine rings is 1. The predicted molar refractivity (Wildman–Crippen MR) is 155 cm³/mol. The summed E-state index contributed by atoms with van der Waals surface area (Å²) in [6.45, 7) is 5.43. The number of benzene rings is 3. The number of aromatic carboxylic acids is 1. The number of rotatable bonds is 8. The number of amides is 1. The molecule has 0 radical (unpaired) electrons. The fraction of sp³-hybridized carbons (Fsp3) is 0.188. The maximum Gasteiger partial charge on any atom is 0.421 e. The fourth-order valence-corrected chi connectivity index (χ4v) is 4.73. The molecule has 3 aromatic carbocycles. The van der Waals surface area contributed by atoms with Gasteiger partial charge in [-0.1, -0.05) is 29.8 Å². The Balaban J connectivity index is 1.47. The van der Waals surface area contributed by atoms with E-state index in [4.69, 9.17) is 4.74 Å². The minimum atomic E-state index is -4.81. The van der Waals surface area contributed by atoms with Crippen LogP contribution in [0.25, 0.3) is 11.0 Å². The summed E-state index contributed by atoms with van der Waals surface area (Å²) in [4.78, 5) is 35.2. The highest BCUT2D eigenvalue weighted by Gasteiger charge is 2.36. The second-order valence-corrected chi connectivity index (χ2v) is 10.3. The average molecular weight is 589 g/mol. The number of halogens is 3. The lowest BCUT2D eigenvalue weighted by Crippen LogP contribution is -2.38. The third kappa shape index (κ3) is 6.20. The Labute approximate surface area is 245 Å². The van der Waals surface area contributed by atoms with Gasteiger partial charge in [0.1, 0.15) is 11.3 Å². The van der Waals surface area contributed by atoms with Crippen molar-refractivity contribution in [3.63, 3.8) is 0 Å². The third-order valence-electron chi connectivity index (χ3n) is 6.80. The first-order valence-corrected chi connectivity index (χ1v) is 13.3. The molecular formula is C32H27F3N4O4. The summed E-state index contributed by atoms with van der Waals surface area (Å²) >= 11 is 0. The number of carboxylic acid groups (broad SMARTS) is 1. The van der Waals surface area contributed by atoms with Crippen LogP contribution in [-0.4, -0.2) is 37.6 Å². The number of aromatic nitrogens is 3. The molecule has 8 nitrogen and oxygen atoms in total. The second kappa shape index (κ2) is 11.6. The van der Waals surface area contributed by atoms with E-state index in [0.717, 1.165) is 23.2 Å². The van der Waals surface area contributed by atoms with E-state index in [1.54, 1.807) is 55.1 Å². The maximum absolute atomic E-state index is 14.1. The molecule has 0 fully saturated rings. The molecule has 43 heavy (non-hydrogen) atoms. The van der Waals surface area contributed by atoms with Crippen LogP contribution in [0.1, 0.15) is 51.3 Å². The summed E-state index contributed by atoms with van der Waals surface area (Å²) in [5.41, 5.74) is 1.69. The predicted octanol–water partition coefficient (Wildman–Crippen LogP) is 7.35. The molecule has 0 aliphatic rings. The van der Waals surface area contributed by atoms with E-state index in [-0.39, 0.29) is 29.1 Å². The van der Waals surface area contributed by atoms with Gasteiger partial charge in [0.15, 0.2) is 0 Å². The third-order valence-corrected chi connectivity index (χ3v) is 6.80. The van der Waals surface area contributed by atoms with E-state index in [1.165, 1.54) is 23.2 Å². The number of para-hydroxylation sites is 2. The summed E-state index contributed by atoms with van der Waals surface area (Å²) in [5.74, 6) is -2.71. The Hall–Kier alpha value is -5.19. The molecule has 5 aromatic rings. The van der Waals surface area contributed by atoms with Crippen molar-refractivity contribution in [2.75, 3.05) is 4.90 Å². The van der Waals surface area contributed by atoms with Crippen molar-refractivity contribution in [3.8, 4) is 11.6 Å². The monoisotopic (exact) mass is 588 g/mol. The van der Waals surface area contributed by atoms with Crippen molar-refractivity contribution >= 4 is 28.6 Å². The fourth-order valence-electron chi connectivity index (χ4n) is 4.73. The number of carboxylic acids is 1. The zero-order chi connectivity index (χ0) is 30.9. The molecule has 220 valence electrons. The van der Waals surface area contributed by atoms with Gasteiger partial charge in [-0.25, -0.2) is 14.8 Å². The molecule has 0 atom stereocenters. The Morgan fingerprint density at radius 3 is 2.40 bits per heavy atom. The van der Waals surface area contributed by atoms with E-state index in [0.29, 0.717) is 11.1 Å². The van der Waals surface area contributed by atoms with Gasteiger partial charge in [-0.3, -0.25) is 4.79 Å². The number of carbonyl (C=O) groups is 2. The van der Waals surface area contributed by atoms with E-state index >= 15 is 0 Å². The van der Waals surface area contributed by atoms with Crippen LogP contribution in [0.2, 0.25) is 0 Å². The lowest BCUT2D eigenvalue weighted by molar-refractivity contribution is -0.138. The molecule has 0 unspecified atom stereocenters. The number of anilines is 1. The van der Waals surface area contributed by atoms with Crippen LogP contribution in [0.5, 0.6) is 11.6 Å². The molecule has 5 rings (SSSR count). The van der Waals surface area contributed by atoms with Gasteiger partial charge in [0, 0.05) is 17.8 Å². The quantitative estimate of drug-likeness (QED) is 0.204. The summed E-state index contributed by atoms with van der Waals surface area (Å²) in [7, 11) is 0. The van der Waals surface area contributed by atoms with Crippen LogP contribution in [0.15, 0.2) is 85.3 Å². The maximum atomic E-state index is 14.1. The number of carbonyl (C=O) groups excluding carboxylic acids is 1. The molecule has 0 aliphatic heterocycles. The molecule has 2 heterocycles. The minimum Gasteiger partial charge on any atom is -0.478 e. The zero-order valence-corrected chi connectivity index (χ0v) is 23.5. The number of aryl methyl sites for hydroxylation is 1. The van der Waals surface area contributed by atoms with Gasteiger partial charge in [-0.15, -0.1) is 0 Å². The van der Waals surface area contributed by atoms with Gasteiger partial charge < -0.3 is 19.3 Å². The molecular weight excluding hydrogens is 561 g/mol. The lowest BCUT2D eigenvalue weighted by Gasteiger charge is -2.28. The average Bonchev–Trinajstić information content (AvgIpc) is 3.36. The van der Waals surface area contributed by atoms with Crippen molar-refractivity contribution in [2.24, 2.45) is 0 Å². The summed E-state index contributed by atoms with van der Waals surface area (Å²) in [5, 5.41) is 10.00. The normalized spacial score (nSPS) is 11.6. The Morgan fingerprint density at radius 2 is 1.72 bits per heavy atom. The minimum absolute atomic E-state index is 0.0762. The number of ether oxygens (including phenoxy) is 1. The Morgan fingerprint density at radius 1 is 1.00 bits per heavy atom. The van der Waals surface area contributed by atoms with Crippen molar-refractivity contribution < 1.29 is 32.6 Å². The first-order chi connectivity index (χ1) is 20.4. The summed E-state index contributed by atoms with van der Waals surface area (Å²) in [6, 6.07) is 18.3. The highest BCUT2D eigenvalue weighted by molar-refractivity contribution is 6.09. The number of fused-ring (bicyclic) bond motifs is 1. The Bertz CT molecular complexity index is 1810. The standard InChI is InChI=1S/C32H27F3N4O4/c1-19(2)39(30(40)22-10-8-20(3)9-11-22)27-13-12-23(15-24(27)31(41)42)43-29-25(32(33,34)35)14-21(16-36-29)17-38-18-37-26-6-4-5-7-28(26)38/h4-16,18-19H,17H2,1-3H3,(H,41,42). The Kier molecular flexibility index (Phi) is 7.90. The molecule has 2 aromatic heterocycles. The molecule has 0 bridgehead atoms. The van der Waals surface area contributed by atoms with Crippen LogP contribution < -0.4 is 9.64 Å². The number of alkyl halides is 3. The van der Waals surface area contributed by atoms with Gasteiger partial charge >= 0.3 is 12.1 Å². The van der Waals surface area contributed by atoms with Crippen LogP contribution in [0.3, 0.4) is 0 Å². The lowest BCUT2D eigenvalue weighted by atomic mass is 10.1. The number of imidazole rings is 1. The highest BCUT2D eigenvalue weighted by Crippen LogP contribution is 2.38. The largest absolute Gasteiger partial charge is 0.478 e. The van der Waals surface area contributed by atoms with E-state index < -0.39 is 35.5 Å². The van der Waals surface area contributed by atoms with E-state index in [2.05, 4.69) is 9.97 Å². The van der Waals surface area contributed by atoms with Crippen molar-refractivity contribution in [1.29, 1.82) is 0 Å². The zero-order valence-electron chi connectivity index (χ0n) is 23.5. The molecule has 0 saturated carbocycles. The SMILES string of the molecule is Cc1ccc(C(=O)N(c2ccc(Oc3ncc(Cn4cnc5ccccc54)cc3C(F)(F)F)cc2C(=O)O)C(C)C)cc1. The van der Waals surface area contributed by atoms with Crippen molar-refractivity contribution in [1.82, 2.24) is 14.5 Å².